The summed E-state index contributed by atoms with van der Waals surface area (Å²) in [5, 5.41) is 7.54. The van der Waals surface area contributed by atoms with E-state index >= 15 is 0 Å². The molecule has 3 heterocycles. The quantitative estimate of drug-likeness (QED) is 0.159. The molecule has 63 heavy (non-hydrogen) atoms. The molecule has 0 radical (unpaired) electrons. The van der Waals surface area contributed by atoms with Gasteiger partial charge in [0, 0.05) is 49.4 Å². The van der Waals surface area contributed by atoms with Crippen molar-refractivity contribution in [3.8, 4) is 17.1 Å². The Morgan fingerprint density at radius 3 is 0.825 bits per heavy atom. The zero-order valence-electron chi connectivity index (χ0n) is 35.8. The Morgan fingerprint density at radius 2 is 0.571 bits per heavy atom. The van der Waals surface area contributed by atoms with Gasteiger partial charge in [-0.3, -0.25) is 0 Å². The first-order chi connectivity index (χ1) is 31.0. The number of fused-ring (bicyclic) bond motifs is 12. The first kappa shape index (κ1) is 36.1. The lowest BCUT2D eigenvalue weighted by atomic mass is 10.0. The molecular weight excluding hydrogens is 763 g/mol. The predicted octanol–water partition coefficient (Wildman–Crippen LogP) is 16.2. The third-order valence-electron chi connectivity index (χ3n) is 13.9. The normalized spacial score (nSPS) is 15.3. The first-order valence-corrected chi connectivity index (χ1v) is 22.3. The maximum Gasteiger partial charge on any atom is 0.0663 e. The van der Waals surface area contributed by atoms with Crippen molar-refractivity contribution in [2.45, 2.75) is 40.0 Å². The Hall–Kier alpha value is -7.62. The van der Waals surface area contributed by atoms with Crippen molar-refractivity contribution in [2.24, 2.45) is 0 Å². The molecule has 3 aliphatic carbocycles. The van der Waals surface area contributed by atoms with E-state index in [1.54, 1.807) is 0 Å². The molecule has 13 rings (SSSR count). The lowest BCUT2D eigenvalue weighted by Gasteiger charge is -2.14. The summed E-state index contributed by atoms with van der Waals surface area (Å²) in [6.45, 7) is 6.66. The number of aromatic nitrogens is 3. The van der Waals surface area contributed by atoms with Crippen LogP contribution in [0.5, 0.6) is 0 Å². The zero-order valence-corrected chi connectivity index (χ0v) is 35.8. The van der Waals surface area contributed by atoms with Gasteiger partial charge in [-0.2, -0.15) is 0 Å². The van der Waals surface area contributed by atoms with Gasteiger partial charge in [-0.05, 0) is 128 Å². The monoisotopic (exact) mass is 807 g/mol. The summed E-state index contributed by atoms with van der Waals surface area (Å²) in [5.41, 5.74) is 22.9. The van der Waals surface area contributed by atoms with Crippen LogP contribution in [-0.4, -0.2) is 13.7 Å². The van der Waals surface area contributed by atoms with Gasteiger partial charge in [0.05, 0.1) is 33.1 Å². The second-order valence-corrected chi connectivity index (χ2v) is 18.0. The van der Waals surface area contributed by atoms with Gasteiger partial charge in [-0.15, -0.1) is 0 Å². The minimum atomic E-state index is 1.00. The molecule has 0 N–H and O–H groups in total. The van der Waals surface area contributed by atoms with Crippen LogP contribution >= 0.6 is 0 Å². The molecule has 0 bridgehead atoms. The summed E-state index contributed by atoms with van der Waals surface area (Å²) in [5.74, 6) is 0. The van der Waals surface area contributed by atoms with Crippen LogP contribution in [0.1, 0.15) is 56.7 Å². The van der Waals surface area contributed by atoms with Gasteiger partial charge in [0.25, 0.3) is 0 Å². The maximum atomic E-state index is 2.55. The van der Waals surface area contributed by atoms with E-state index in [0.717, 1.165) is 36.3 Å². The van der Waals surface area contributed by atoms with Crippen molar-refractivity contribution in [3.63, 3.8) is 0 Å². The SMILES string of the molecule is CC1=CC=C(c2ccc(-n3c4ccccc4c4c3c3c5ccccc5n(-c5ccc(C6=CC=C(C)C6)cc5)c3c3c5ccccc5n(-c5ccc(C6=CC=C(C)C6)cc5)c43)cc2)C1. The highest BCUT2D eigenvalue weighted by Crippen LogP contribution is 2.50. The number of allylic oxidation sites excluding steroid dienone is 12. The van der Waals surface area contributed by atoms with Gasteiger partial charge >= 0.3 is 0 Å². The van der Waals surface area contributed by atoms with Crippen LogP contribution in [-0.2, 0) is 0 Å². The second kappa shape index (κ2) is 13.7. The van der Waals surface area contributed by atoms with E-state index < -0.39 is 0 Å². The lowest BCUT2D eigenvalue weighted by Crippen LogP contribution is -1.98. The van der Waals surface area contributed by atoms with E-state index in [1.807, 2.05) is 0 Å². The summed E-state index contributed by atoms with van der Waals surface area (Å²) < 4.78 is 7.66. The van der Waals surface area contributed by atoms with Crippen LogP contribution in [0.4, 0.5) is 0 Å². The summed E-state index contributed by atoms with van der Waals surface area (Å²) in [6.07, 6.45) is 16.6. The molecule has 3 nitrogen and oxygen atoms in total. The zero-order chi connectivity index (χ0) is 41.9. The van der Waals surface area contributed by atoms with E-state index in [-0.39, 0.29) is 0 Å². The highest BCUT2D eigenvalue weighted by Gasteiger charge is 2.29. The average molecular weight is 808 g/mol. The summed E-state index contributed by atoms with van der Waals surface area (Å²) in [6, 6.07) is 55.1. The molecule has 0 unspecified atom stereocenters. The molecule has 0 aliphatic heterocycles. The molecular formula is C60H45N3. The summed E-state index contributed by atoms with van der Waals surface area (Å²) in [7, 11) is 0. The molecule has 3 aromatic heterocycles. The molecule has 3 aliphatic rings. The fourth-order valence-corrected chi connectivity index (χ4v) is 11.0. The molecule has 0 amide bonds. The summed E-state index contributed by atoms with van der Waals surface area (Å²) in [4.78, 5) is 0. The van der Waals surface area contributed by atoms with Crippen LogP contribution in [0.3, 0.4) is 0 Å². The Kier molecular flexibility index (Phi) is 7.84. The molecule has 3 heteroatoms. The number of hydrogen-bond acceptors (Lipinski definition) is 0. The summed E-state index contributed by atoms with van der Waals surface area (Å²) >= 11 is 0. The topological polar surface area (TPSA) is 14.8 Å². The van der Waals surface area contributed by atoms with E-state index in [0.29, 0.717) is 0 Å². The van der Waals surface area contributed by atoms with Crippen molar-refractivity contribution in [1.82, 2.24) is 13.7 Å². The number of rotatable bonds is 6. The lowest BCUT2D eigenvalue weighted by molar-refractivity contribution is 1.17. The molecule has 7 aromatic carbocycles. The van der Waals surface area contributed by atoms with Crippen LogP contribution in [0.2, 0.25) is 0 Å². The van der Waals surface area contributed by atoms with E-state index in [4.69, 9.17) is 0 Å². The Morgan fingerprint density at radius 1 is 0.302 bits per heavy atom. The molecule has 0 saturated carbocycles. The van der Waals surface area contributed by atoms with Gasteiger partial charge < -0.3 is 13.7 Å². The van der Waals surface area contributed by atoms with E-state index in [2.05, 4.69) is 217 Å². The molecule has 0 saturated heterocycles. The van der Waals surface area contributed by atoms with Crippen LogP contribution < -0.4 is 0 Å². The fourth-order valence-electron chi connectivity index (χ4n) is 11.0. The van der Waals surface area contributed by atoms with Crippen molar-refractivity contribution in [2.75, 3.05) is 0 Å². The van der Waals surface area contributed by atoms with Gasteiger partial charge in [0.15, 0.2) is 0 Å². The number of para-hydroxylation sites is 3. The fraction of sp³-hybridized carbons (Fsp3) is 0.100. The third-order valence-corrected chi connectivity index (χ3v) is 13.9. The Labute approximate surface area is 366 Å². The maximum absolute atomic E-state index is 2.55. The van der Waals surface area contributed by atoms with Gasteiger partial charge in [-0.1, -0.05) is 144 Å². The van der Waals surface area contributed by atoms with Crippen molar-refractivity contribution in [1.29, 1.82) is 0 Å². The van der Waals surface area contributed by atoms with Crippen LogP contribution in [0.15, 0.2) is 199 Å². The number of nitrogens with zero attached hydrogens (tertiary/aromatic N) is 3. The van der Waals surface area contributed by atoms with Gasteiger partial charge in [-0.25, -0.2) is 0 Å². The molecule has 0 atom stereocenters. The molecule has 300 valence electrons. The second-order valence-electron chi connectivity index (χ2n) is 18.0. The van der Waals surface area contributed by atoms with Crippen LogP contribution in [0, 0.1) is 0 Å². The van der Waals surface area contributed by atoms with E-state index in [9.17, 15) is 0 Å². The average Bonchev–Trinajstić information content (AvgIpc) is 4.19. The van der Waals surface area contributed by atoms with Gasteiger partial charge in [0.1, 0.15) is 0 Å². The molecule has 0 fully saturated rings. The van der Waals surface area contributed by atoms with Crippen molar-refractivity contribution >= 4 is 82.1 Å². The molecule has 10 aromatic rings. The highest BCUT2D eigenvalue weighted by molar-refractivity contribution is 6.40. The van der Waals surface area contributed by atoms with Crippen molar-refractivity contribution in [3.05, 3.63) is 215 Å². The minimum Gasteiger partial charge on any atom is -0.308 e. The molecule has 0 spiro atoms. The highest BCUT2D eigenvalue weighted by atomic mass is 15.0. The Balaban J connectivity index is 1.18. The minimum absolute atomic E-state index is 1.00. The standard InChI is InChI=1S/C60H45N3/c1-37-16-19-43(34-37)40-22-28-46(29-23-40)61-52-13-7-4-10-49(52)55-58(61)56-50-11-5-8-14-53(50)62(47-30-24-41(25-31-47)44-20-17-38(2)35-44)60(56)57-51-12-6-9-15-54(51)63(59(55)57)48-32-26-42(27-33-48)45-21-18-39(3)36-45/h4-33H,34-36H2,1-3H3. The van der Waals surface area contributed by atoms with E-state index in [1.165, 1.54) is 116 Å². The van der Waals surface area contributed by atoms with Crippen LogP contribution in [0.25, 0.3) is 99.2 Å². The third kappa shape index (κ3) is 5.39. The van der Waals surface area contributed by atoms with Gasteiger partial charge in [0.2, 0.25) is 0 Å². The largest absolute Gasteiger partial charge is 0.308 e. The predicted molar refractivity (Wildman–Crippen MR) is 269 cm³/mol. The number of hydrogen-bond donors (Lipinski definition) is 0. The number of benzene rings is 7. The van der Waals surface area contributed by atoms with Crippen molar-refractivity contribution < 1.29 is 0 Å². The Bertz CT molecular complexity index is 3360. The first-order valence-electron chi connectivity index (χ1n) is 22.3. The smallest absolute Gasteiger partial charge is 0.0663 e.